The summed E-state index contributed by atoms with van der Waals surface area (Å²) >= 11 is 0. The lowest BCUT2D eigenvalue weighted by Crippen LogP contribution is -2.47. The minimum Gasteiger partial charge on any atom is -0.342 e. The zero-order chi connectivity index (χ0) is 11.0. The fraction of sp³-hybridized carbons (Fsp3) is 0.600. The van der Waals surface area contributed by atoms with Gasteiger partial charge in [0.25, 0.3) is 0 Å². The Morgan fingerprint density at radius 2 is 2.14 bits per heavy atom. The van der Waals surface area contributed by atoms with Crippen LogP contribution in [0.3, 0.4) is 0 Å². The number of nitrogens with zero attached hydrogens (tertiary/aromatic N) is 1. The summed E-state index contributed by atoms with van der Waals surface area (Å²) in [5.41, 5.74) is 0. The first-order chi connectivity index (χ1) is 6.63. The summed E-state index contributed by atoms with van der Waals surface area (Å²) in [6.07, 6.45) is 5.08. The van der Waals surface area contributed by atoms with Gasteiger partial charge in [0.15, 0.2) is 0 Å². The molecule has 1 amide bonds. The maximum absolute atomic E-state index is 11.5. The van der Waals surface area contributed by atoms with E-state index in [4.69, 9.17) is 11.7 Å². The van der Waals surface area contributed by atoms with Crippen molar-refractivity contribution >= 4 is 5.91 Å². The number of nitriles is 1. The highest BCUT2D eigenvalue weighted by molar-refractivity contribution is 5.82. The van der Waals surface area contributed by atoms with Gasteiger partial charge in [0, 0.05) is 0 Å². The monoisotopic (exact) mass is 193 g/mol. The smallest absolute Gasteiger partial charge is 0.238 e. The third-order valence-corrected chi connectivity index (χ3v) is 1.71. The van der Waals surface area contributed by atoms with Crippen LogP contribution in [0, 0.1) is 29.6 Å². The van der Waals surface area contributed by atoms with E-state index in [0.29, 0.717) is 6.54 Å². The van der Waals surface area contributed by atoms with Crippen molar-refractivity contribution in [3.63, 3.8) is 0 Å². The molecule has 76 valence electrons. The zero-order valence-corrected chi connectivity index (χ0v) is 8.50. The molecule has 0 bridgehead atoms. The molecule has 0 aromatic rings. The minimum atomic E-state index is -0.334. The quantitative estimate of drug-likeness (QED) is 0.472. The number of amides is 1. The third kappa shape index (κ3) is 4.49. The number of nitrogens with one attached hydrogen (secondary N) is 2. The largest absolute Gasteiger partial charge is 0.342 e. The van der Waals surface area contributed by atoms with Crippen molar-refractivity contribution in [2.24, 2.45) is 5.92 Å². The molecule has 0 fully saturated rings. The molecule has 0 heterocycles. The van der Waals surface area contributed by atoms with E-state index in [0.717, 1.165) is 0 Å². The second kappa shape index (κ2) is 6.94. The fourth-order valence-electron chi connectivity index (χ4n) is 1.04. The van der Waals surface area contributed by atoms with Gasteiger partial charge in [-0.15, -0.1) is 6.42 Å². The molecule has 0 aromatic heterocycles. The molecular formula is C10H15N3O. The molecule has 1 atom stereocenters. The first-order valence-corrected chi connectivity index (χ1v) is 4.45. The van der Waals surface area contributed by atoms with Gasteiger partial charge in [0.2, 0.25) is 5.91 Å². The van der Waals surface area contributed by atoms with Gasteiger partial charge in [0.1, 0.15) is 6.54 Å². The summed E-state index contributed by atoms with van der Waals surface area (Å²) in [5, 5.41) is 13.7. The zero-order valence-electron chi connectivity index (χ0n) is 8.50. The highest BCUT2D eigenvalue weighted by Crippen LogP contribution is 2.00. The lowest BCUT2D eigenvalue weighted by molar-refractivity contribution is -0.123. The first kappa shape index (κ1) is 12.5. The molecule has 0 radical (unpaired) electrons. The van der Waals surface area contributed by atoms with Crippen molar-refractivity contribution in [3.05, 3.63) is 0 Å². The van der Waals surface area contributed by atoms with Gasteiger partial charge in [0.05, 0.1) is 18.7 Å². The van der Waals surface area contributed by atoms with Gasteiger partial charge in [-0.25, -0.2) is 0 Å². The van der Waals surface area contributed by atoms with Crippen LogP contribution in [0.5, 0.6) is 0 Å². The molecule has 0 saturated carbocycles. The summed E-state index contributed by atoms with van der Waals surface area (Å²) in [6.45, 7) is 4.21. The lowest BCUT2D eigenvalue weighted by atomic mass is 10.0. The average molecular weight is 193 g/mol. The van der Waals surface area contributed by atoms with Gasteiger partial charge in [-0.1, -0.05) is 19.8 Å². The third-order valence-electron chi connectivity index (χ3n) is 1.71. The standard InChI is InChI=1S/C10H15N3O/c1-4-6-12-9(8(2)3)10(14)13-7-5-11/h1,8-9,12H,6-7H2,2-3H3,(H,13,14). The van der Waals surface area contributed by atoms with E-state index in [1.165, 1.54) is 0 Å². The van der Waals surface area contributed by atoms with Gasteiger partial charge in [-0.2, -0.15) is 5.26 Å². The number of carbonyl (C=O) groups excluding carboxylic acids is 1. The van der Waals surface area contributed by atoms with Gasteiger partial charge in [-0.05, 0) is 5.92 Å². The summed E-state index contributed by atoms with van der Waals surface area (Å²) in [7, 11) is 0. The number of hydrogen-bond donors (Lipinski definition) is 2. The van der Waals surface area contributed by atoms with Crippen molar-refractivity contribution in [1.29, 1.82) is 5.26 Å². The molecule has 14 heavy (non-hydrogen) atoms. The van der Waals surface area contributed by atoms with Crippen LogP contribution in [-0.2, 0) is 4.79 Å². The maximum atomic E-state index is 11.5. The summed E-state index contributed by atoms with van der Waals surface area (Å²) in [6, 6.07) is 1.51. The lowest BCUT2D eigenvalue weighted by Gasteiger charge is -2.19. The Balaban J connectivity index is 4.14. The predicted molar refractivity (Wildman–Crippen MR) is 54.1 cm³/mol. The SMILES string of the molecule is C#CCNC(C(=O)NCC#N)C(C)C. The Labute approximate surface area is 84.7 Å². The molecular weight excluding hydrogens is 178 g/mol. The van der Waals surface area contributed by atoms with E-state index in [2.05, 4.69) is 16.6 Å². The Kier molecular flexibility index (Phi) is 6.19. The van der Waals surface area contributed by atoms with Crippen molar-refractivity contribution in [1.82, 2.24) is 10.6 Å². The fourth-order valence-corrected chi connectivity index (χ4v) is 1.04. The van der Waals surface area contributed by atoms with E-state index >= 15 is 0 Å². The van der Waals surface area contributed by atoms with Crippen molar-refractivity contribution < 1.29 is 4.79 Å². The van der Waals surface area contributed by atoms with E-state index in [9.17, 15) is 4.79 Å². The molecule has 2 N–H and O–H groups in total. The van der Waals surface area contributed by atoms with Gasteiger partial charge < -0.3 is 5.32 Å². The van der Waals surface area contributed by atoms with Crippen LogP contribution in [-0.4, -0.2) is 25.0 Å². The number of rotatable bonds is 5. The molecule has 0 saturated heterocycles. The Morgan fingerprint density at radius 3 is 2.57 bits per heavy atom. The summed E-state index contributed by atoms with van der Waals surface area (Å²) < 4.78 is 0. The first-order valence-electron chi connectivity index (χ1n) is 4.45. The highest BCUT2D eigenvalue weighted by atomic mass is 16.2. The number of terminal acetylenes is 1. The molecule has 1 unspecified atom stereocenters. The second-order valence-electron chi connectivity index (χ2n) is 3.18. The van der Waals surface area contributed by atoms with Crippen molar-refractivity contribution in [2.45, 2.75) is 19.9 Å². The van der Waals surface area contributed by atoms with E-state index in [1.54, 1.807) is 0 Å². The van der Waals surface area contributed by atoms with Crippen LogP contribution in [0.15, 0.2) is 0 Å². The van der Waals surface area contributed by atoms with Crippen LogP contribution in [0.1, 0.15) is 13.8 Å². The van der Waals surface area contributed by atoms with E-state index in [-0.39, 0.29) is 24.4 Å². The highest BCUT2D eigenvalue weighted by Gasteiger charge is 2.20. The minimum absolute atomic E-state index is 0.0276. The summed E-state index contributed by atoms with van der Waals surface area (Å²) in [4.78, 5) is 11.5. The molecule has 0 aliphatic carbocycles. The molecule has 0 aromatic carbocycles. The molecule has 4 heteroatoms. The van der Waals surface area contributed by atoms with Crippen LogP contribution >= 0.6 is 0 Å². The topological polar surface area (TPSA) is 64.9 Å². The van der Waals surface area contributed by atoms with Crippen molar-refractivity contribution in [3.8, 4) is 18.4 Å². The summed E-state index contributed by atoms with van der Waals surface area (Å²) in [5.74, 6) is 2.37. The molecule has 0 rings (SSSR count). The predicted octanol–water partition coefficient (Wildman–Crippen LogP) is -0.126. The van der Waals surface area contributed by atoms with E-state index < -0.39 is 0 Å². The van der Waals surface area contributed by atoms with Crippen LogP contribution < -0.4 is 10.6 Å². The van der Waals surface area contributed by atoms with Crippen LogP contribution in [0.4, 0.5) is 0 Å². The van der Waals surface area contributed by atoms with Crippen LogP contribution in [0.25, 0.3) is 0 Å². The van der Waals surface area contributed by atoms with Crippen molar-refractivity contribution in [2.75, 3.05) is 13.1 Å². The Hall–Kier alpha value is -1.52. The second-order valence-corrected chi connectivity index (χ2v) is 3.18. The molecule has 0 aliphatic rings. The van der Waals surface area contributed by atoms with Gasteiger partial charge in [-0.3, -0.25) is 10.1 Å². The number of hydrogen-bond acceptors (Lipinski definition) is 3. The molecule has 0 aliphatic heterocycles. The normalized spacial score (nSPS) is 11.5. The average Bonchev–Trinajstić information content (AvgIpc) is 2.14. The molecule has 0 spiro atoms. The Morgan fingerprint density at radius 1 is 1.50 bits per heavy atom. The number of carbonyl (C=O) groups is 1. The Bertz CT molecular complexity index is 260. The van der Waals surface area contributed by atoms with E-state index in [1.807, 2.05) is 19.9 Å². The molecule has 4 nitrogen and oxygen atoms in total. The van der Waals surface area contributed by atoms with Crippen LogP contribution in [0.2, 0.25) is 0 Å². The maximum Gasteiger partial charge on any atom is 0.238 e. The van der Waals surface area contributed by atoms with Gasteiger partial charge >= 0.3 is 0 Å².